The SMILES string of the molecule is CCC(C)Nc1cc(C(=O)N[C@@H](Cc2ccccc2)[C@H](O)[C@H]2C3CCC(CC3)N2C(=O)OC(C)(C)C)cc(NCS(C)(=O)=O)n1. The number of nitrogens with one attached hydrogen (secondary N) is 3. The van der Waals surface area contributed by atoms with Gasteiger partial charge in [-0.05, 0) is 89.8 Å². The van der Waals surface area contributed by atoms with Gasteiger partial charge in [-0.15, -0.1) is 0 Å². The maximum atomic E-state index is 13.9. The highest BCUT2D eigenvalue weighted by molar-refractivity contribution is 7.90. The number of fused-ring (bicyclic) bond motifs is 3. The Balaban J connectivity index is 1.66. The van der Waals surface area contributed by atoms with E-state index < -0.39 is 45.6 Å². The fraction of sp³-hybridized carbons (Fsp3) is 0.606. The Morgan fingerprint density at radius 2 is 1.73 bits per heavy atom. The molecule has 4 N–H and O–H groups in total. The van der Waals surface area contributed by atoms with E-state index in [4.69, 9.17) is 4.74 Å². The molecule has 2 aromatic rings. The molecular formula is C33H49N5O6S. The van der Waals surface area contributed by atoms with Crippen LogP contribution in [0.5, 0.6) is 0 Å². The van der Waals surface area contributed by atoms with Gasteiger partial charge in [-0.1, -0.05) is 37.3 Å². The van der Waals surface area contributed by atoms with Crippen LogP contribution in [0.4, 0.5) is 16.4 Å². The van der Waals surface area contributed by atoms with E-state index in [2.05, 4.69) is 20.9 Å². The summed E-state index contributed by atoms with van der Waals surface area (Å²) in [6, 6.07) is 11.5. The second-order valence-electron chi connectivity index (χ2n) is 13.5. The average molecular weight is 644 g/mol. The summed E-state index contributed by atoms with van der Waals surface area (Å²) in [6.45, 7) is 9.49. The van der Waals surface area contributed by atoms with Crippen LogP contribution in [0.2, 0.25) is 0 Å². The summed E-state index contributed by atoms with van der Waals surface area (Å²) < 4.78 is 29.5. The number of piperidine rings is 2. The molecule has 1 saturated carbocycles. The quantitative estimate of drug-likeness (QED) is 0.261. The topological polar surface area (TPSA) is 150 Å². The van der Waals surface area contributed by atoms with E-state index in [0.717, 1.165) is 43.9 Å². The lowest BCUT2D eigenvalue weighted by molar-refractivity contribution is -0.0854. The summed E-state index contributed by atoms with van der Waals surface area (Å²) in [7, 11) is -3.35. The molecule has 4 atom stereocenters. The zero-order chi connectivity index (χ0) is 32.9. The molecule has 11 nitrogen and oxygen atoms in total. The number of hydrogen-bond donors (Lipinski definition) is 4. The first-order chi connectivity index (χ1) is 21.1. The molecule has 1 unspecified atom stereocenters. The lowest BCUT2D eigenvalue weighted by Crippen LogP contribution is -2.66. The Kier molecular flexibility index (Phi) is 11.0. The molecule has 2 saturated heterocycles. The molecular weight excluding hydrogens is 594 g/mol. The van der Waals surface area contributed by atoms with E-state index in [1.54, 1.807) is 11.0 Å². The Morgan fingerprint density at radius 3 is 2.33 bits per heavy atom. The van der Waals surface area contributed by atoms with Gasteiger partial charge in [0, 0.05) is 23.9 Å². The van der Waals surface area contributed by atoms with Crippen LogP contribution in [0, 0.1) is 5.92 Å². The molecule has 45 heavy (non-hydrogen) atoms. The highest BCUT2D eigenvalue weighted by Gasteiger charge is 2.50. The number of hydrogen-bond acceptors (Lipinski definition) is 9. The molecule has 5 rings (SSSR count). The molecule has 3 fully saturated rings. The number of amides is 2. The maximum absolute atomic E-state index is 13.9. The molecule has 248 valence electrons. The van der Waals surface area contributed by atoms with Crippen LogP contribution in [-0.2, 0) is 21.0 Å². The summed E-state index contributed by atoms with van der Waals surface area (Å²) in [4.78, 5) is 33.6. The van der Waals surface area contributed by atoms with E-state index >= 15 is 0 Å². The van der Waals surface area contributed by atoms with Gasteiger partial charge in [0.2, 0.25) is 0 Å². The van der Waals surface area contributed by atoms with Gasteiger partial charge in [-0.2, -0.15) is 0 Å². The zero-order valence-corrected chi connectivity index (χ0v) is 28.1. The highest BCUT2D eigenvalue weighted by atomic mass is 32.2. The van der Waals surface area contributed by atoms with E-state index in [-0.39, 0.29) is 35.3 Å². The van der Waals surface area contributed by atoms with Crippen molar-refractivity contribution >= 4 is 33.5 Å². The van der Waals surface area contributed by atoms with E-state index in [1.807, 2.05) is 65.0 Å². The predicted octanol–water partition coefficient (Wildman–Crippen LogP) is 4.59. The van der Waals surface area contributed by atoms with Crippen LogP contribution in [0.25, 0.3) is 0 Å². The number of aliphatic hydroxyl groups excluding tert-OH is 1. The summed E-state index contributed by atoms with van der Waals surface area (Å²) in [5.41, 5.74) is 0.494. The van der Waals surface area contributed by atoms with Crippen LogP contribution in [0.1, 0.15) is 82.6 Å². The third-order valence-corrected chi connectivity index (χ3v) is 9.20. The van der Waals surface area contributed by atoms with Gasteiger partial charge in [0.15, 0.2) is 9.84 Å². The first-order valence-electron chi connectivity index (χ1n) is 15.9. The third kappa shape index (κ3) is 9.56. The fourth-order valence-corrected chi connectivity index (χ4v) is 6.63. The predicted molar refractivity (Wildman–Crippen MR) is 176 cm³/mol. The summed E-state index contributed by atoms with van der Waals surface area (Å²) in [6.07, 6.45) is 4.25. The average Bonchev–Trinajstić information content (AvgIpc) is 2.98. The van der Waals surface area contributed by atoms with Crippen LogP contribution in [0.3, 0.4) is 0 Å². The van der Waals surface area contributed by atoms with E-state index in [0.29, 0.717) is 12.2 Å². The number of anilines is 2. The molecule has 1 aliphatic carbocycles. The number of benzene rings is 1. The van der Waals surface area contributed by atoms with Crippen molar-refractivity contribution in [2.75, 3.05) is 22.8 Å². The van der Waals surface area contributed by atoms with Gasteiger partial charge < -0.3 is 25.8 Å². The number of aromatic nitrogens is 1. The number of nitrogens with zero attached hydrogens (tertiary/aromatic N) is 2. The van der Waals surface area contributed by atoms with Crippen molar-refractivity contribution in [3.63, 3.8) is 0 Å². The number of aliphatic hydroxyl groups is 1. The van der Waals surface area contributed by atoms with Crippen LogP contribution in [-0.4, -0.2) is 83.4 Å². The van der Waals surface area contributed by atoms with Gasteiger partial charge >= 0.3 is 6.09 Å². The van der Waals surface area contributed by atoms with E-state index in [9.17, 15) is 23.1 Å². The third-order valence-electron chi connectivity index (χ3n) is 8.53. The van der Waals surface area contributed by atoms with Crippen molar-refractivity contribution in [1.82, 2.24) is 15.2 Å². The standard InChI is InChI=1S/C33H49N5O6S/c1-7-21(2)35-28-19-24(18-27(37-28)34-20-45(6,42)43)31(40)36-26(17-22-11-9-8-10-12-22)30(39)29-23-13-15-25(16-14-23)38(29)32(41)44-33(3,4)5/h8-12,18-19,21,23,25-26,29-30,39H,7,13-17,20H2,1-6H3,(H,36,40)(H2,34,35,37)/t21?,23?,25?,26-,29+,30-/m0/s1. The zero-order valence-electron chi connectivity index (χ0n) is 27.2. The molecule has 0 spiro atoms. The van der Waals surface area contributed by atoms with Crippen molar-refractivity contribution in [3.8, 4) is 0 Å². The van der Waals surface area contributed by atoms with Gasteiger partial charge in [0.1, 0.15) is 23.1 Å². The number of carbonyl (C=O) groups is 2. The molecule has 2 bridgehead atoms. The van der Waals surface area contributed by atoms with Gasteiger partial charge in [0.05, 0.1) is 18.2 Å². The highest BCUT2D eigenvalue weighted by Crippen LogP contribution is 2.42. The molecule has 12 heteroatoms. The first-order valence-corrected chi connectivity index (χ1v) is 17.9. The Hall–Kier alpha value is -3.38. The number of ether oxygens (including phenoxy) is 1. The molecule has 2 aliphatic heterocycles. The summed E-state index contributed by atoms with van der Waals surface area (Å²) >= 11 is 0. The minimum atomic E-state index is -3.35. The summed E-state index contributed by atoms with van der Waals surface area (Å²) in [5.74, 6) is -0.0504. The van der Waals surface area contributed by atoms with Crippen molar-refractivity contribution in [1.29, 1.82) is 0 Å². The van der Waals surface area contributed by atoms with Crippen LogP contribution >= 0.6 is 0 Å². The minimum Gasteiger partial charge on any atom is -0.444 e. The van der Waals surface area contributed by atoms with Crippen LogP contribution in [0.15, 0.2) is 42.5 Å². The smallest absolute Gasteiger partial charge is 0.410 e. The van der Waals surface area contributed by atoms with Gasteiger partial charge in [-0.3, -0.25) is 9.69 Å². The Morgan fingerprint density at radius 1 is 1.09 bits per heavy atom. The molecule has 0 radical (unpaired) electrons. The largest absolute Gasteiger partial charge is 0.444 e. The van der Waals surface area contributed by atoms with Gasteiger partial charge in [0.25, 0.3) is 5.91 Å². The molecule has 2 amide bonds. The van der Waals surface area contributed by atoms with Crippen molar-refractivity contribution < 1.29 is 27.9 Å². The second-order valence-corrected chi connectivity index (χ2v) is 15.7. The van der Waals surface area contributed by atoms with Crippen molar-refractivity contribution in [2.24, 2.45) is 5.92 Å². The van der Waals surface area contributed by atoms with Gasteiger partial charge in [-0.25, -0.2) is 18.2 Å². The van der Waals surface area contributed by atoms with Crippen LogP contribution < -0.4 is 16.0 Å². The maximum Gasteiger partial charge on any atom is 0.410 e. The molecule has 1 aromatic carbocycles. The van der Waals surface area contributed by atoms with Crippen molar-refractivity contribution in [2.45, 2.75) is 109 Å². The molecule has 3 heterocycles. The van der Waals surface area contributed by atoms with E-state index in [1.165, 1.54) is 6.07 Å². The second kappa shape index (κ2) is 14.4. The fourth-order valence-electron chi connectivity index (χ4n) is 6.22. The number of sulfone groups is 1. The monoisotopic (exact) mass is 643 g/mol. The minimum absolute atomic E-state index is 0.0320. The first kappa shape index (κ1) is 34.5. The molecule has 1 aromatic heterocycles. The normalized spacial score (nSPS) is 21.8. The van der Waals surface area contributed by atoms with Crippen molar-refractivity contribution in [3.05, 3.63) is 53.6 Å². The summed E-state index contributed by atoms with van der Waals surface area (Å²) in [5, 5.41) is 21.2. The lowest BCUT2D eigenvalue weighted by Gasteiger charge is -2.53. The number of pyridine rings is 1. The Bertz CT molecular complexity index is 1420. The lowest BCUT2D eigenvalue weighted by atomic mass is 9.71. The Labute approximate surface area is 267 Å². The number of carbonyl (C=O) groups excluding carboxylic acids is 2. The molecule has 3 aliphatic rings. The number of rotatable bonds is 12.